The van der Waals surface area contributed by atoms with Crippen molar-refractivity contribution in [3.63, 3.8) is 0 Å². The minimum Gasteiger partial charge on any atom is -0.466 e. The Hall–Kier alpha value is -1.26. The Bertz CT molecular complexity index is 275. The Morgan fingerprint density at radius 3 is 3.00 bits per heavy atom. The molecule has 0 spiro atoms. The third-order valence-corrected chi connectivity index (χ3v) is 2.69. The minimum atomic E-state index is -0.279. The maximum Gasteiger partial charge on any atom is 0.308 e. The first-order valence-corrected chi connectivity index (χ1v) is 5.15. The second kappa shape index (κ2) is 5.58. The molecule has 0 aromatic carbocycles. The molecule has 1 aliphatic rings. The minimum absolute atomic E-state index is 0.133. The molecule has 0 saturated heterocycles. The van der Waals surface area contributed by atoms with E-state index in [1.165, 1.54) is 0 Å². The Morgan fingerprint density at radius 2 is 2.40 bits per heavy atom. The zero-order chi connectivity index (χ0) is 11.3. The van der Waals surface area contributed by atoms with Crippen LogP contribution in [0.5, 0.6) is 0 Å². The largest absolute Gasteiger partial charge is 0.466 e. The first-order chi connectivity index (χ1) is 7.19. The summed E-state index contributed by atoms with van der Waals surface area (Å²) in [4.78, 5) is 14.2. The lowest BCUT2D eigenvalue weighted by Gasteiger charge is -2.29. The summed E-state index contributed by atoms with van der Waals surface area (Å²) in [5, 5.41) is 3.61. The molecule has 1 rings (SSSR count). The first kappa shape index (κ1) is 11.8. The van der Waals surface area contributed by atoms with Crippen LogP contribution >= 0.6 is 0 Å². The number of ether oxygens (including phenoxy) is 1. The molecule has 15 heavy (non-hydrogen) atoms. The standard InChI is InChI=1S/C9H16N4O2/c1-2-15-9(14)6-3-4-7(10)8(5-6)12-13-11/h6-8H,2-5,10H2,1H3/t6-,7-,8+/m0/s1. The molecule has 1 aliphatic carbocycles. The van der Waals surface area contributed by atoms with Crippen molar-refractivity contribution in [1.29, 1.82) is 0 Å². The fourth-order valence-electron chi connectivity index (χ4n) is 1.84. The van der Waals surface area contributed by atoms with Crippen molar-refractivity contribution in [2.24, 2.45) is 16.8 Å². The van der Waals surface area contributed by atoms with Crippen molar-refractivity contribution in [3.8, 4) is 0 Å². The lowest BCUT2D eigenvalue weighted by atomic mass is 9.83. The van der Waals surface area contributed by atoms with Gasteiger partial charge in [0.2, 0.25) is 0 Å². The van der Waals surface area contributed by atoms with Crippen LogP contribution in [0.25, 0.3) is 10.4 Å². The van der Waals surface area contributed by atoms with Gasteiger partial charge in [0.25, 0.3) is 0 Å². The smallest absolute Gasteiger partial charge is 0.308 e. The van der Waals surface area contributed by atoms with E-state index in [1.54, 1.807) is 6.92 Å². The molecule has 3 atom stereocenters. The van der Waals surface area contributed by atoms with Crippen LogP contribution in [0.3, 0.4) is 0 Å². The maximum absolute atomic E-state index is 11.5. The van der Waals surface area contributed by atoms with Gasteiger partial charge < -0.3 is 10.5 Å². The fraction of sp³-hybridized carbons (Fsp3) is 0.889. The van der Waals surface area contributed by atoms with Crippen LogP contribution in [0.15, 0.2) is 5.11 Å². The number of carbonyl (C=O) groups is 1. The maximum atomic E-state index is 11.5. The molecular weight excluding hydrogens is 196 g/mol. The summed E-state index contributed by atoms with van der Waals surface area (Å²) >= 11 is 0. The highest BCUT2D eigenvalue weighted by atomic mass is 16.5. The van der Waals surface area contributed by atoms with Gasteiger partial charge in [0.05, 0.1) is 18.6 Å². The summed E-state index contributed by atoms with van der Waals surface area (Å²) in [6.45, 7) is 2.16. The van der Waals surface area contributed by atoms with Crippen LogP contribution in [0, 0.1) is 5.92 Å². The quantitative estimate of drug-likeness (QED) is 0.330. The molecule has 0 aromatic rings. The topological polar surface area (TPSA) is 101 Å². The highest BCUT2D eigenvalue weighted by Crippen LogP contribution is 2.26. The molecule has 0 heterocycles. The van der Waals surface area contributed by atoms with Crippen molar-refractivity contribution in [1.82, 2.24) is 0 Å². The molecular formula is C9H16N4O2. The van der Waals surface area contributed by atoms with Crippen molar-refractivity contribution in [2.75, 3.05) is 6.61 Å². The molecule has 2 N–H and O–H groups in total. The van der Waals surface area contributed by atoms with Gasteiger partial charge in [-0.25, -0.2) is 0 Å². The number of hydrogen-bond donors (Lipinski definition) is 1. The van der Waals surface area contributed by atoms with E-state index in [0.717, 1.165) is 6.42 Å². The Kier molecular flexibility index (Phi) is 4.39. The summed E-state index contributed by atoms with van der Waals surface area (Å²) in [6.07, 6.45) is 1.93. The van der Waals surface area contributed by atoms with Crippen LogP contribution in [-0.2, 0) is 9.53 Å². The summed E-state index contributed by atoms with van der Waals surface area (Å²) < 4.78 is 4.93. The third-order valence-electron chi connectivity index (χ3n) is 2.69. The number of esters is 1. The average Bonchev–Trinajstić information content (AvgIpc) is 2.22. The summed E-state index contributed by atoms with van der Waals surface area (Å²) in [5.74, 6) is -0.372. The number of rotatable bonds is 3. The number of hydrogen-bond acceptors (Lipinski definition) is 4. The van der Waals surface area contributed by atoms with Crippen molar-refractivity contribution in [2.45, 2.75) is 38.3 Å². The average molecular weight is 212 g/mol. The molecule has 6 heteroatoms. The number of nitrogens with zero attached hydrogens (tertiary/aromatic N) is 3. The second-order valence-electron chi connectivity index (χ2n) is 3.70. The molecule has 0 aromatic heterocycles. The van der Waals surface area contributed by atoms with Gasteiger partial charge in [0, 0.05) is 11.0 Å². The van der Waals surface area contributed by atoms with E-state index >= 15 is 0 Å². The van der Waals surface area contributed by atoms with Crippen molar-refractivity contribution >= 4 is 5.97 Å². The lowest BCUT2D eigenvalue weighted by Crippen LogP contribution is -2.41. The monoisotopic (exact) mass is 212 g/mol. The third kappa shape index (κ3) is 3.11. The van der Waals surface area contributed by atoms with Gasteiger partial charge in [-0.1, -0.05) is 5.11 Å². The Balaban J connectivity index is 2.57. The van der Waals surface area contributed by atoms with Gasteiger partial charge in [0.1, 0.15) is 0 Å². The SMILES string of the molecule is CCOC(=O)[C@H]1CC[C@H](N)[C@H](N=[N+]=[N-])C1. The zero-order valence-electron chi connectivity index (χ0n) is 8.80. The molecule has 0 aliphatic heterocycles. The summed E-state index contributed by atoms with van der Waals surface area (Å²) in [5.41, 5.74) is 14.1. The first-order valence-electron chi connectivity index (χ1n) is 5.15. The van der Waals surface area contributed by atoms with Gasteiger partial charge >= 0.3 is 5.97 Å². The van der Waals surface area contributed by atoms with Crippen LogP contribution in [0.4, 0.5) is 0 Å². The van der Waals surface area contributed by atoms with Crippen molar-refractivity contribution < 1.29 is 9.53 Å². The van der Waals surface area contributed by atoms with E-state index < -0.39 is 0 Å². The molecule has 1 fully saturated rings. The second-order valence-corrected chi connectivity index (χ2v) is 3.70. The molecule has 84 valence electrons. The molecule has 0 radical (unpaired) electrons. The van der Waals surface area contributed by atoms with Crippen LogP contribution in [-0.4, -0.2) is 24.7 Å². The van der Waals surface area contributed by atoms with Gasteiger partial charge in [-0.2, -0.15) is 0 Å². The van der Waals surface area contributed by atoms with Crippen LogP contribution in [0.1, 0.15) is 26.2 Å². The zero-order valence-corrected chi connectivity index (χ0v) is 8.80. The lowest BCUT2D eigenvalue weighted by molar-refractivity contribution is -0.149. The normalized spacial score (nSPS) is 30.4. The van der Waals surface area contributed by atoms with E-state index in [1.807, 2.05) is 0 Å². The fourth-order valence-corrected chi connectivity index (χ4v) is 1.84. The van der Waals surface area contributed by atoms with E-state index in [9.17, 15) is 4.79 Å². The van der Waals surface area contributed by atoms with E-state index in [4.69, 9.17) is 16.0 Å². The van der Waals surface area contributed by atoms with E-state index in [0.29, 0.717) is 19.4 Å². The predicted molar refractivity (Wildman–Crippen MR) is 54.9 cm³/mol. The highest BCUT2D eigenvalue weighted by molar-refractivity contribution is 5.72. The number of nitrogens with two attached hydrogens (primary N) is 1. The molecule has 0 amide bonds. The molecule has 6 nitrogen and oxygen atoms in total. The molecule has 0 unspecified atom stereocenters. The number of carbonyl (C=O) groups excluding carboxylic acids is 1. The highest BCUT2D eigenvalue weighted by Gasteiger charge is 2.32. The van der Waals surface area contributed by atoms with Crippen molar-refractivity contribution in [3.05, 3.63) is 10.4 Å². The van der Waals surface area contributed by atoms with Crippen LogP contribution < -0.4 is 5.73 Å². The number of azide groups is 1. The summed E-state index contributed by atoms with van der Waals surface area (Å²) in [6, 6.07) is -0.412. The summed E-state index contributed by atoms with van der Waals surface area (Å²) in [7, 11) is 0. The van der Waals surface area contributed by atoms with Gasteiger partial charge in [0.15, 0.2) is 0 Å². The Morgan fingerprint density at radius 1 is 1.67 bits per heavy atom. The molecule has 1 saturated carbocycles. The van der Waals surface area contributed by atoms with E-state index in [2.05, 4.69) is 10.0 Å². The Labute approximate surface area is 88.4 Å². The van der Waals surface area contributed by atoms with Gasteiger partial charge in [-0.05, 0) is 31.7 Å². The molecule has 0 bridgehead atoms. The van der Waals surface area contributed by atoms with Crippen LogP contribution in [0.2, 0.25) is 0 Å². The van der Waals surface area contributed by atoms with Gasteiger partial charge in [-0.15, -0.1) is 0 Å². The van der Waals surface area contributed by atoms with Gasteiger partial charge in [-0.3, -0.25) is 4.79 Å². The predicted octanol–water partition coefficient (Wildman–Crippen LogP) is 1.36. The van der Waals surface area contributed by atoms with E-state index in [-0.39, 0.29) is 24.0 Å².